The molecule has 1 heterocycles. The van der Waals surface area contributed by atoms with E-state index in [0.717, 1.165) is 0 Å². The van der Waals surface area contributed by atoms with Gasteiger partial charge in [-0.15, -0.1) is 0 Å². The topological polar surface area (TPSA) is 68.5 Å². The summed E-state index contributed by atoms with van der Waals surface area (Å²) >= 11 is 18.2. The van der Waals surface area contributed by atoms with Gasteiger partial charge in [-0.25, -0.2) is 0 Å². The highest BCUT2D eigenvalue weighted by Gasteiger charge is 2.17. The zero-order valence-electron chi connectivity index (χ0n) is 14.9. The van der Waals surface area contributed by atoms with Crippen LogP contribution >= 0.6 is 34.8 Å². The lowest BCUT2D eigenvalue weighted by molar-refractivity contribution is 0.101. The van der Waals surface area contributed by atoms with Gasteiger partial charge in [0, 0.05) is 34.6 Å². The van der Waals surface area contributed by atoms with Gasteiger partial charge in [0.1, 0.15) is 11.4 Å². The molecule has 3 rings (SSSR count). The van der Waals surface area contributed by atoms with Crippen molar-refractivity contribution < 1.29 is 9.53 Å². The summed E-state index contributed by atoms with van der Waals surface area (Å²) in [4.78, 5) is 17.1. The first-order valence-electron chi connectivity index (χ1n) is 8.05. The van der Waals surface area contributed by atoms with Crippen LogP contribution in [0.4, 0.5) is 11.4 Å². The number of aliphatic imine (C=N–C) groups is 1. The van der Waals surface area contributed by atoms with E-state index < -0.39 is 0 Å². The molecular formula is C19H15Cl3N4O2. The van der Waals surface area contributed by atoms with Gasteiger partial charge in [-0.3, -0.25) is 14.5 Å². The number of aromatic nitrogens is 2. The molecule has 0 radical (unpaired) electrons. The lowest BCUT2D eigenvalue weighted by Gasteiger charge is -2.08. The van der Waals surface area contributed by atoms with Crippen LogP contribution in [0.2, 0.25) is 15.1 Å². The molecule has 28 heavy (non-hydrogen) atoms. The second-order valence-corrected chi connectivity index (χ2v) is 7.01. The number of carbonyl (C=O) groups excluding carboxylic acids is 1. The minimum Gasteiger partial charge on any atom is -0.495 e. The third-order valence-corrected chi connectivity index (χ3v) is 4.54. The third-order valence-electron chi connectivity index (χ3n) is 3.80. The normalized spacial score (nSPS) is 11.0. The van der Waals surface area contributed by atoms with E-state index in [2.05, 4.69) is 15.4 Å². The number of benzene rings is 2. The van der Waals surface area contributed by atoms with Gasteiger partial charge in [-0.1, -0.05) is 40.9 Å². The standard InChI is InChI=1S/C19H15Cl3N4O2/c1-26-17(19(27)25-14-5-3-4-12(20)7-14)16(10-24-26)23-9-11-6-13(21)8-15(22)18(11)28-2/h3-10H,1-2H3,(H,25,27). The van der Waals surface area contributed by atoms with Gasteiger partial charge in [0.15, 0.2) is 5.69 Å². The first kappa shape index (κ1) is 20.2. The van der Waals surface area contributed by atoms with Crippen LogP contribution in [0.1, 0.15) is 16.1 Å². The number of nitrogens with zero attached hydrogens (tertiary/aromatic N) is 3. The molecule has 1 amide bonds. The predicted molar refractivity (Wildman–Crippen MR) is 113 cm³/mol. The number of anilines is 1. The summed E-state index contributed by atoms with van der Waals surface area (Å²) in [5.41, 5.74) is 1.80. The summed E-state index contributed by atoms with van der Waals surface area (Å²) in [5, 5.41) is 8.22. The van der Waals surface area contributed by atoms with E-state index in [-0.39, 0.29) is 11.6 Å². The lowest BCUT2D eigenvalue weighted by atomic mass is 10.2. The molecule has 0 aliphatic heterocycles. The molecule has 9 heteroatoms. The fraction of sp³-hybridized carbons (Fsp3) is 0.105. The first-order valence-corrected chi connectivity index (χ1v) is 9.18. The quantitative estimate of drug-likeness (QED) is 0.544. The molecule has 0 aliphatic carbocycles. The number of methoxy groups -OCH3 is 1. The van der Waals surface area contributed by atoms with E-state index >= 15 is 0 Å². The largest absolute Gasteiger partial charge is 0.495 e. The lowest BCUT2D eigenvalue weighted by Crippen LogP contribution is -2.16. The SMILES string of the molecule is COc1c(Cl)cc(Cl)cc1C=Nc1cnn(C)c1C(=O)Nc1cccc(Cl)c1. The Morgan fingerprint density at radius 3 is 2.71 bits per heavy atom. The van der Waals surface area contributed by atoms with Crippen molar-refractivity contribution in [1.29, 1.82) is 0 Å². The Balaban J connectivity index is 1.91. The number of carbonyl (C=O) groups is 1. The van der Waals surface area contributed by atoms with Crippen molar-refractivity contribution in [2.45, 2.75) is 0 Å². The Morgan fingerprint density at radius 2 is 2.00 bits per heavy atom. The molecule has 0 unspecified atom stereocenters. The second-order valence-electron chi connectivity index (χ2n) is 5.73. The zero-order chi connectivity index (χ0) is 20.3. The molecule has 0 aliphatic rings. The number of rotatable bonds is 5. The molecule has 0 fully saturated rings. The summed E-state index contributed by atoms with van der Waals surface area (Å²) in [5.74, 6) is 0.0640. The van der Waals surface area contributed by atoms with Crippen molar-refractivity contribution in [2.24, 2.45) is 12.0 Å². The molecule has 2 aromatic carbocycles. The Bertz CT molecular complexity index is 1060. The summed E-state index contributed by atoms with van der Waals surface area (Å²) < 4.78 is 6.74. The number of amides is 1. The maximum Gasteiger partial charge on any atom is 0.276 e. The minimum atomic E-state index is -0.370. The maximum absolute atomic E-state index is 12.7. The van der Waals surface area contributed by atoms with E-state index in [1.807, 2.05) is 0 Å². The highest BCUT2D eigenvalue weighted by Crippen LogP contribution is 2.31. The molecule has 1 aromatic heterocycles. The summed E-state index contributed by atoms with van der Waals surface area (Å²) in [6.07, 6.45) is 3.01. The van der Waals surface area contributed by atoms with Crippen LogP contribution in [-0.2, 0) is 7.05 Å². The summed E-state index contributed by atoms with van der Waals surface area (Å²) in [6.45, 7) is 0. The molecule has 144 valence electrons. The van der Waals surface area contributed by atoms with Crippen LogP contribution in [0.25, 0.3) is 0 Å². The van der Waals surface area contributed by atoms with Crippen molar-refractivity contribution >= 4 is 58.3 Å². The molecule has 3 aromatic rings. The summed E-state index contributed by atoms with van der Waals surface area (Å²) in [6, 6.07) is 10.1. The smallest absolute Gasteiger partial charge is 0.276 e. The second kappa shape index (κ2) is 8.65. The van der Waals surface area contributed by atoms with Gasteiger partial charge in [-0.2, -0.15) is 5.10 Å². The van der Waals surface area contributed by atoms with Crippen LogP contribution in [0.5, 0.6) is 5.75 Å². The number of hydrogen-bond donors (Lipinski definition) is 1. The van der Waals surface area contributed by atoms with Crippen LogP contribution < -0.4 is 10.1 Å². The van der Waals surface area contributed by atoms with Crippen molar-refractivity contribution in [3.05, 3.63) is 68.9 Å². The fourth-order valence-electron chi connectivity index (χ4n) is 2.57. The van der Waals surface area contributed by atoms with Gasteiger partial charge in [0.2, 0.25) is 0 Å². The average Bonchev–Trinajstić information content (AvgIpc) is 3.00. The maximum atomic E-state index is 12.7. The number of hydrogen-bond acceptors (Lipinski definition) is 4. The van der Waals surface area contributed by atoms with E-state index in [1.54, 1.807) is 43.4 Å². The third kappa shape index (κ3) is 4.47. The van der Waals surface area contributed by atoms with Gasteiger partial charge in [0.05, 0.1) is 18.3 Å². The van der Waals surface area contributed by atoms with Crippen molar-refractivity contribution in [3.8, 4) is 5.75 Å². The van der Waals surface area contributed by atoms with Gasteiger partial charge in [-0.05, 0) is 30.3 Å². The van der Waals surface area contributed by atoms with Crippen molar-refractivity contribution in [1.82, 2.24) is 9.78 Å². The summed E-state index contributed by atoms with van der Waals surface area (Å²) in [7, 11) is 3.16. The zero-order valence-corrected chi connectivity index (χ0v) is 17.2. The Labute approximate surface area is 176 Å². The Morgan fingerprint density at radius 1 is 1.21 bits per heavy atom. The van der Waals surface area contributed by atoms with Gasteiger partial charge < -0.3 is 10.1 Å². The van der Waals surface area contributed by atoms with E-state index in [4.69, 9.17) is 39.5 Å². The van der Waals surface area contributed by atoms with Crippen LogP contribution in [0, 0.1) is 0 Å². The Hall–Kier alpha value is -2.54. The molecule has 0 atom stereocenters. The molecule has 0 saturated heterocycles. The number of ether oxygens (including phenoxy) is 1. The minimum absolute atomic E-state index is 0.281. The Kier molecular flexibility index (Phi) is 6.24. The molecule has 0 spiro atoms. The van der Waals surface area contributed by atoms with E-state index in [9.17, 15) is 4.79 Å². The highest BCUT2D eigenvalue weighted by atomic mass is 35.5. The number of nitrogens with one attached hydrogen (secondary N) is 1. The van der Waals surface area contributed by atoms with Crippen molar-refractivity contribution in [2.75, 3.05) is 12.4 Å². The highest BCUT2D eigenvalue weighted by molar-refractivity contribution is 6.36. The van der Waals surface area contributed by atoms with Crippen LogP contribution in [-0.4, -0.2) is 29.0 Å². The fourth-order valence-corrected chi connectivity index (χ4v) is 3.35. The van der Waals surface area contributed by atoms with Crippen LogP contribution in [0.15, 0.2) is 47.6 Å². The molecule has 0 bridgehead atoms. The number of halogens is 3. The monoisotopic (exact) mass is 436 g/mol. The molecular weight excluding hydrogens is 423 g/mol. The van der Waals surface area contributed by atoms with Crippen LogP contribution in [0.3, 0.4) is 0 Å². The van der Waals surface area contributed by atoms with E-state index in [1.165, 1.54) is 24.2 Å². The van der Waals surface area contributed by atoms with Gasteiger partial charge in [0.25, 0.3) is 5.91 Å². The molecule has 6 nitrogen and oxygen atoms in total. The van der Waals surface area contributed by atoms with E-state index in [0.29, 0.717) is 37.8 Å². The first-order chi connectivity index (χ1) is 13.4. The van der Waals surface area contributed by atoms with Crippen molar-refractivity contribution in [3.63, 3.8) is 0 Å². The number of aryl methyl sites for hydroxylation is 1. The average molecular weight is 438 g/mol. The molecule has 1 N–H and O–H groups in total. The van der Waals surface area contributed by atoms with Gasteiger partial charge >= 0.3 is 0 Å². The molecule has 0 saturated carbocycles. The predicted octanol–water partition coefficient (Wildman–Crippen LogP) is 5.39.